The number of rotatable bonds is 2. The van der Waals surface area contributed by atoms with Gasteiger partial charge in [-0.05, 0) is 36.2 Å². The molecule has 6 heteroatoms. The predicted octanol–water partition coefficient (Wildman–Crippen LogP) is 4.26. The number of thiophene rings is 1. The smallest absolute Gasteiger partial charge is 0.289 e. The second-order valence-electron chi connectivity index (χ2n) is 4.62. The summed E-state index contributed by atoms with van der Waals surface area (Å²) < 4.78 is 3.70. The van der Waals surface area contributed by atoms with Gasteiger partial charge in [-0.3, -0.25) is 4.79 Å². The summed E-state index contributed by atoms with van der Waals surface area (Å²) in [6, 6.07) is 9.77. The fourth-order valence-corrected chi connectivity index (χ4v) is 4.08. The van der Waals surface area contributed by atoms with Crippen LogP contribution in [0, 0.1) is 0 Å². The van der Waals surface area contributed by atoms with Crippen LogP contribution >= 0.6 is 34.3 Å². The zero-order chi connectivity index (χ0) is 15.0. The number of carbonyl (C=O) groups excluding carboxylic acids is 1. The molecule has 0 aliphatic heterocycles. The predicted molar refractivity (Wildman–Crippen MR) is 89.4 cm³/mol. The van der Waals surface area contributed by atoms with Gasteiger partial charge in [0.2, 0.25) is 0 Å². The largest absolute Gasteiger partial charge is 0.319 e. The van der Waals surface area contributed by atoms with Gasteiger partial charge in [0.25, 0.3) is 5.91 Å². The fourth-order valence-electron chi connectivity index (χ4n) is 2.08. The summed E-state index contributed by atoms with van der Waals surface area (Å²) >= 11 is 8.64. The Morgan fingerprint density at radius 2 is 2.10 bits per heavy atom. The highest BCUT2D eigenvalue weighted by molar-refractivity contribution is 7.18. The van der Waals surface area contributed by atoms with Crippen molar-refractivity contribution in [1.29, 1.82) is 0 Å². The number of amides is 1. The summed E-state index contributed by atoms with van der Waals surface area (Å²) in [5.74, 6) is -0.246. The molecule has 0 saturated carbocycles. The van der Waals surface area contributed by atoms with E-state index < -0.39 is 0 Å². The van der Waals surface area contributed by atoms with Gasteiger partial charge in [-0.15, -0.1) is 11.3 Å². The van der Waals surface area contributed by atoms with Crippen LogP contribution in [0.15, 0.2) is 35.3 Å². The monoisotopic (exact) mass is 336 g/mol. The van der Waals surface area contributed by atoms with Gasteiger partial charge in [0.1, 0.15) is 0 Å². The lowest BCUT2D eigenvalue weighted by Crippen LogP contribution is -2.12. The average Bonchev–Trinajstić information content (AvgIpc) is 3.03. The second kappa shape index (κ2) is 5.75. The van der Waals surface area contributed by atoms with Gasteiger partial charge in [0, 0.05) is 7.05 Å². The molecule has 2 aromatic heterocycles. The van der Waals surface area contributed by atoms with Gasteiger partial charge in [-0.25, -0.2) is 0 Å². The second-order valence-corrected chi connectivity index (χ2v) is 7.34. The van der Waals surface area contributed by atoms with Gasteiger partial charge in [0.05, 0.1) is 19.4 Å². The van der Waals surface area contributed by atoms with Gasteiger partial charge in [-0.2, -0.15) is 4.99 Å². The van der Waals surface area contributed by atoms with E-state index in [1.807, 2.05) is 11.6 Å². The van der Waals surface area contributed by atoms with Crippen LogP contribution in [0.5, 0.6) is 0 Å². The van der Waals surface area contributed by atoms with E-state index in [1.165, 1.54) is 28.2 Å². The minimum atomic E-state index is -0.246. The molecule has 0 N–H and O–H groups in total. The van der Waals surface area contributed by atoms with Gasteiger partial charge >= 0.3 is 0 Å². The van der Waals surface area contributed by atoms with Crippen molar-refractivity contribution in [1.82, 2.24) is 4.57 Å². The van der Waals surface area contributed by atoms with E-state index in [4.69, 9.17) is 11.6 Å². The van der Waals surface area contributed by atoms with E-state index in [-0.39, 0.29) is 5.91 Å². The number of aromatic nitrogens is 1. The first kappa shape index (κ1) is 14.5. The standard InChI is InChI=1S/C15H13ClN2OS2/c1-3-9-4-5-10-12(8-9)21-15(18(10)2)17-14(19)11-6-7-13(16)20-11/h4-8H,3H2,1-2H3. The Balaban J connectivity index is 2.09. The first-order valence-electron chi connectivity index (χ1n) is 6.51. The lowest BCUT2D eigenvalue weighted by Gasteiger charge is -1.97. The molecule has 0 aliphatic rings. The summed E-state index contributed by atoms with van der Waals surface area (Å²) in [5, 5.41) is 0. The van der Waals surface area contributed by atoms with Gasteiger partial charge in [0.15, 0.2) is 4.80 Å². The SMILES string of the molecule is CCc1ccc2c(c1)sc(=NC(=O)c1ccc(Cl)s1)n2C. The maximum atomic E-state index is 12.2. The summed E-state index contributed by atoms with van der Waals surface area (Å²) in [4.78, 5) is 17.7. The van der Waals surface area contributed by atoms with Crippen LogP contribution < -0.4 is 4.80 Å². The van der Waals surface area contributed by atoms with Crippen molar-refractivity contribution < 1.29 is 4.79 Å². The van der Waals surface area contributed by atoms with Crippen LogP contribution in [0.1, 0.15) is 22.2 Å². The average molecular weight is 337 g/mol. The van der Waals surface area contributed by atoms with Crippen LogP contribution in [0.3, 0.4) is 0 Å². The van der Waals surface area contributed by atoms with E-state index >= 15 is 0 Å². The van der Waals surface area contributed by atoms with Crippen LogP contribution in [0.25, 0.3) is 10.2 Å². The third-order valence-electron chi connectivity index (χ3n) is 3.26. The van der Waals surface area contributed by atoms with Gasteiger partial charge < -0.3 is 4.57 Å². The number of hydrogen-bond donors (Lipinski definition) is 0. The van der Waals surface area contributed by atoms with Gasteiger partial charge in [-0.1, -0.05) is 35.9 Å². The van der Waals surface area contributed by atoms with Crippen LogP contribution in [0.4, 0.5) is 0 Å². The van der Waals surface area contributed by atoms with E-state index in [0.29, 0.717) is 14.0 Å². The molecule has 2 heterocycles. The Labute approximate surface area is 135 Å². The molecule has 1 aromatic carbocycles. The molecule has 0 atom stereocenters. The van der Waals surface area contributed by atoms with Crippen molar-refractivity contribution in [3.63, 3.8) is 0 Å². The number of aryl methyl sites for hydroxylation is 2. The molecule has 0 unspecified atom stereocenters. The van der Waals surface area contributed by atoms with Crippen LogP contribution in [-0.2, 0) is 13.5 Å². The molecule has 108 valence electrons. The number of thiazole rings is 1. The fraction of sp³-hybridized carbons (Fsp3) is 0.200. The topological polar surface area (TPSA) is 34.4 Å². The lowest BCUT2D eigenvalue weighted by molar-refractivity contribution is 0.100. The Morgan fingerprint density at radius 3 is 2.76 bits per heavy atom. The minimum absolute atomic E-state index is 0.246. The molecule has 3 nitrogen and oxygen atoms in total. The summed E-state index contributed by atoms with van der Waals surface area (Å²) in [7, 11) is 1.93. The maximum absolute atomic E-state index is 12.2. The van der Waals surface area contributed by atoms with Crippen LogP contribution in [0.2, 0.25) is 4.34 Å². The molecule has 21 heavy (non-hydrogen) atoms. The zero-order valence-corrected chi connectivity index (χ0v) is 14.0. The van der Waals surface area contributed by atoms with Crippen molar-refractivity contribution in [3.05, 3.63) is 49.9 Å². The molecule has 0 saturated heterocycles. The first-order valence-corrected chi connectivity index (χ1v) is 8.52. The summed E-state index contributed by atoms with van der Waals surface area (Å²) in [6.07, 6.45) is 0.997. The van der Waals surface area contributed by atoms with Crippen molar-refractivity contribution in [2.75, 3.05) is 0 Å². The van der Waals surface area contributed by atoms with Crippen LogP contribution in [-0.4, -0.2) is 10.5 Å². The van der Waals surface area contributed by atoms with E-state index in [0.717, 1.165) is 16.6 Å². The molecule has 0 spiro atoms. The summed E-state index contributed by atoms with van der Waals surface area (Å²) in [6.45, 7) is 2.13. The normalized spacial score (nSPS) is 12.2. The number of benzene rings is 1. The highest BCUT2D eigenvalue weighted by Gasteiger charge is 2.09. The number of halogens is 1. The zero-order valence-electron chi connectivity index (χ0n) is 11.6. The Kier molecular flexibility index (Phi) is 3.97. The molecule has 3 rings (SSSR count). The maximum Gasteiger partial charge on any atom is 0.289 e. The minimum Gasteiger partial charge on any atom is -0.319 e. The molecular formula is C15H13ClN2OS2. The molecule has 1 amide bonds. The highest BCUT2D eigenvalue weighted by Crippen LogP contribution is 2.22. The molecule has 0 radical (unpaired) electrons. The Hall–Kier alpha value is -1.43. The molecule has 0 aliphatic carbocycles. The van der Waals surface area contributed by atoms with E-state index in [9.17, 15) is 4.79 Å². The lowest BCUT2D eigenvalue weighted by atomic mass is 10.2. The molecule has 0 fully saturated rings. The van der Waals surface area contributed by atoms with E-state index in [2.05, 4.69) is 30.1 Å². The van der Waals surface area contributed by atoms with Crippen molar-refractivity contribution in [2.45, 2.75) is 13.3 Å². The number of fused-ring (bicyclic) bond motifs is 1. The molecule has 0 bridgehead atoms. The Morgan fingerprint density at radius 1 is 1.29 bits per heavy atom. The summed E-state index contributed by atoms with van der Waals surface area (Å²) in [5.41, 5.74) is 2.38. The number of nitrogens with zero attached hydrogens (tertiary/aromatic N) is 2. The van der Waals surface area contributed by atoms with E-state index in [1.54, 1.807) is 12.1 Å². The quantitative estimate of drug-likeness (QED) is 0.688. The molecular weight excluding hydrogens is 324 g/mol. The first-order chi connectivity index (χ1) is 10.1. The third-order valence-corrected chi connectivity index (χ3v) is 5.58. The highest BCUT2D eigenvalue weighted by atomic mass is 35.5. The third kappa shape index (κ3) is 2.81. The van der Waals surface area contributed by atoms with Crippen molar-refractivity contribution in [2.24, 2.45) is 12.0 Å². The van der Waals surface area contributed by atoms with Crippen molar-refractivity contribution >= 4 is 50.4 Å². The number of hydrogen-bond acceptors (Lipinski definition) is 3. The Bertz CT molecular complexity index is 889. The number of carbonyl (C=O) groups is 1. The van der Waals surface area contributed by atoms with Crippen molar-refractivity contribution in [3.8, 4) is 0 Å². The molecule has 3 aromatic rings.